The van der Waals surface area contributed by atoms with Crippen molar-refractivity contribution in [3.8, 4) is 0 Å². The van der Waals surface area contributed by atoms with Crippen LogP contribution in [0.5, 0.6) is 0 Å². The molecule has 3 rings (SSSR count). The minimum absolute atomic E-state index is 0.135. The van der Waals surface area contributed by atoms with E-state index in [1.165, 1.54) is 10.5 Å². The summed E-state index contributed by atoms with van der Waals surface area (Å²) in [5, 5.41) is 3.68. The van der Waals surface area contributed by atoms with Gasteiger partial charge in [0, 0.05) is 23.3 Å². The number of carbonyl (C=O) groups is 1. The molecule has 0 aromatic heterocycles. The predicted molar refractivity (Wildman–Crippen MR) is 98.5 cm³/mol. The first-order valence-corrected chi connectivity index (χ1v) is 9.91. The lowest BCUT2D eigenvalue weighted by Gasteiger charge is -2.31. The molecular formula is C19H28N2O2S. The highest BCUT2D eigenvalue weighted by molar-refractivity contribution is 8.00. The van der Waals surface area contributed by atoms with Gasteiger partial charge in [0.25, 0.3) is 0 Å². The van der Waals surface area contributed by atoms with Gasteiger partial charge in [0.15, 0.2) is 0 Å². The molecule has 2 saturated heterocycles. The highest BCUT2D eigenvalue weighted by atomic mass is 32.2. The van der Waals surface area contributed by atoms with E-state index in [2.05, 4.69) is 41.4 Å². The van der Waals surface area contributed by atoms with Crippen LogP contribution < -0.4 is 5.32 Å². The second-order valence-electron chi connectivity index (χ2n) is 6.85. The summed E-state index contributed by atoms with van der Waals surface area (Å²) in [4.78, 5) is 15.7. The van der Waals surface area contributed by atoms with Gasteiger partial charge in [-0.25, -0.2) is 0 Å². The minimum atomic E-state index is 0.135. The van der Waals surface area contributed by atoms with Gasteiger partial charge in [-0.1, -0.05) is 17.7 Å². The average Bonchev–Trinajstić information content (AvgIpc) is 3.08. The maximum Gasteiger partial charge on any atom is 0.234 e. The lowest BCUT2D eigenvalue weighted by Crippen LogP contribution is -2.43. The molecule has 5 heteroatoms. The number of nitrogens with one attached hydrogen (secondary N) is 1. The number of rotatable bonds is 6. The normalized spacial score (nSPS) is 22.6. The molecule has 132 valence electrons. The first-order chi connectivity index (χ1) is 11.7. The third-order valence-corrected chi connectivity index (χ3v) is 6.08. The molecule has 2 heterocycles. The van der Waals surface area contributed by atoms with Crippen molar-refractivity contribution in [3.63, 3.8) is 0 Å². The maximum absolute atomic E-state index is 12.1. The van der Waals surface area contributed by atoms with E-state index in [9.17, 15) is 4.79 Å². The molecule has 2 aliphatic rings. The van der Waals surface area contributed by atoms with Crippen molar-refractivity contribution in [1.29, 1.82) is 0 Å². The van der Waals surface area contributed by atoms with E-state index in [0.29, 0.717) is 18.3 Å². The third kappa shape index (κ3) is 5.50. The van der Waals surface area contributed by atoms with Gasteiger partial charge in [-0.3, -0.25) is 9.69 Å². The van der Waals surface area contributed by atoms with Gasteiger partial charge in [-0.15, -0.1) is 11.8 Å². The highest BCUT2D eigenvalue weighted by Crippen LogP contribution is 2.30. The van der Waals surface area contributed by atoms with Gasteiger partial charge in [0.1, 0.15) is 0 Å². The van der Waals surface area contributed by atoms with E-state index >= 15 is 0 Å². The fourth-order valence-electron chi connectivity index (χ4n) is 3.36. The Morgan fingerprint density at radius 2 is 2.17 bits per heavy atom. The Balaban J connectivity index is 1.34. The first-order valence-electron chi connectivity index (χ1n) is 9.03. The number of ether oxygens (including phenoxy) is 1. The summed E-state index contributed by atoms with van der Waals surface area (Å²) in [6.45, 7) is 6.19. The summed E-state index contributed by atoms with van der Waals surface area (Å²) in [6.07, 6.45) is 4.72. The molecule has 0 saturated carbocycles. The average molecular weight is 349 g/mol. The van der Waals surface area contributed by atoms with Crippen LogP contribution in [0.4, 0.5) is 0 Å². The standard InChI is InChI=1S/C19H28N2O2S/c1-15-4-2-6-18(12-15)24-17-7-9-21(10-8-17)14-19(22)20-13-16-5-3-11-23-16/h2,4,6,12,16-17H,3,5,7-11,13-14H2,1H3,(H,20,22)/t16-/m1/s1. The lowest BCUT2D eigenvalue weighted by atomic mass is 10.1. The Hall–Kier alpha value is -1.04. The first kappa shape index (κ1) is 17.8. The Morgan fingerprint density at radius 3 is 2.88 bits per heavy atom. The fraction of sp³-hybridized carbons (Fsp3) is 0.632. The van der Waals surface area contributed by atoms with E-state index in [4.69, 9.17) is 4.74 Å². The zero-order valence-electron chi connectivity index (χ0n) is 14.5. The summed E-state index contributed by atoms with van der Waals surface area (Å²) < 4.78 is 5.54. The summed E-state index contributed by atoms with van der Waals surface area (Å²) in [5.74, 6) is 0.135. The van der Waals surface area contributed by atoms with E-state index < -0.39 is 0 Å². The summed E-state index contributed by atoms with van der Waals surface area (Å²) in [5.41, 5.74) is 1.32. The molecule has 4 nitrogen and oxygen atoms in total. The van der Waals surface area contributed by atoms with Crippen LogP contribution in [0.2, 0.25) is 0 Å². The Morgan fingerprint density at radius 1 is 1.33 bits per heavy atom. The Labute approximate surface area is 149 Å². The van der Waals surface area contributed by atoms with Crippen molar-refractivity contribution in [2.24, 2.45) is 0 Å². The van der Waals surface area contributed by atoms with Crippen LogP contribution in [0.1, 0.15) is 31.2 Å². The third-order valence-electron chi connectivity index (χ3n) is 4.74. The molecule has 1 aromatic carbocycles. The van der Waals surface area contributed by atoms with Crippen LogP contribution in [0.15, 0.2) is 29.2 Å². The number of hydrogen-bond acceptors (Lipinski definition) is 4. The van der Waals surface area contributed by atoms with Crippen molar-refractivity contribution in [2.75, 3.05) is 32.8 Å². The van der Waals surface area contributed by atoms with Gasteiger partial charge < -0.3 is 10.1 Å². The number of benzene rings is 1. The zero-order chi connectivity index (χ0) is 16.8. The summed E-state index contributed by atoms with van der Waals surface area (Å²) in [7, 11) is 0. The number of amides is 1. The maximum atomic E-state index is 12.1. The number of piperidine rings is 1. The number of aryl methyl sites for hydroxylation is 1. The van der Waals surface area contributed by atoms with E-state index in [-0.39, 0.29) is 12.0 Å². The number of nitrogens with zero attached hydrogens (tertiary/aromatic N) is 1. The van der Waals surface area contributed by atoms with Crippen molar-refractivity contribution >= 4 is 17.7 Å². The van der Waals surface area contributed by atoms with Crippen molar-refractivity contribution in [1.82, 2.24) is 10.2 Å². The Kier molecular flexibility index (Phi) is 6.58. The van der Waals surface area contributed by atoms with Crippen LogP contribution >= 0.6 is 11.8 Å². The molecule has 1 N–H and O–H groups in total. The minimum Gasteiger partial charge on any atom is -0.376 e. The van der Waals surface area contributed by atoms with Crippen LogP contribution in [0, 0.1) is 6.92 Å². The van der Waals surface area contributed by atoms with E-state index in [1.807, 2.05) is 11.8 Å². The molecule has 0 spiro atoms. The van der Waals surface area contributed by atoms with E-state index in [1.54, 1.807) is 0 Å². The molecule has 0 unspecified atom stereocenters. The molecule has 0 bridgehead atoms. The largest absolute Gasteiger partial charge is 0.376 e. The smallest absolute Gasteiger partial charge is 0.234 e. The Bertz CT molecular complexity index is 538. The van der Waals surface area contributed by atoms with Gasteiger partial charge in [-0.2, -0.15) is 0 Å². The molecule has 1 atom stereocenters. The molecule has 2 fully saturated rings. The zero-order valence-corrected chi connectivity index (χ0v) is 15.3. The SMILES string of the molecule is Cc1cccc(SC2CCN(CC(=O)NC[C@H]3CCCO3)CC2)c1. The predicted octanol–water partition coefficient (Wildman–Crippen LogP) is 2.85. The number of likely N-dealkylation sites (tertiary alicyclic amines) is 1. The lowest BCUT2D eigenvalue weighted by molar-refractivity contribution is -0.122. The molecule has 0 aliphatic carbocycles. The molecule has 0 radical (unpaired) electrons. The van der Waals surface area contributed by atoms with Crippen LogP contribution in [0.25, 0.3) is 0 Å². The van der Waals surface area contributed by atoms with Crippen molar-refractivity contribution < 1.29 is 9.53 Å². The highest BCUT2D eigenvalue weighted by Gasteiger charge is 2.22. The molecular weight excluding hydrogens is 320 g/mol. The number of hydrogen-bond donors (Lipinski definition) is 1. The van der Waals surface area contributed by atoms with Gasteiger partial charge in [-0.05, 0) is 57.8 Å². The van der Waals surface area contributed by atoms with Gasteiger partial charge in [0.2, 0.25) is 5.91 Å². The van der Waals surface area contributed by atoms with Crippen LogP contribution in [-0.2, 0) is 9.53 Å². The monoisotopic (exact) mass is 348 g/mol. The van der Waals surface area contributed by atoms with Crippen LogP contribution in [-0.4, -0.2) is 54.9 Å². The summed E-state index contributed by atoms with van der Waals surface area (Å²) >= 11 is 1.98. The van der Waals surface area contributed by atoms with E-state index in [0.717, 1.165) is 45.4 Å². The van der Waals surface area contributed by atoms with Crippen molar-refractivity contribution in [3.05, 3.63) is 29.8 Å². The number of thioether (sulfide) groups is 1. The number of carbonyl (C=O) groups excluding carboxylic acids is 1. The molecule has 1 amide bonds. The molecule has 1 aromatic rings. The second-order valence-corrected chi connectivity index (χ2v) is 8.22. The topological polar surface area (TPSA) is 41.6 Å². The van der Waals surface area contributed by atoms with Crippen LogP contribution in [0.3, 0.4) is 0 Å². The van der Waals surface area contributed by atoms with Crippen molar-refractivity contribution in [2.45, 2.75) is 48.9 Å². The quantitative estimate of drug-likeness (QED) is 0.858. The van der Waals surface area contributed by atoms with Gasteiger partial charge >= 0.3 is 0 Å². The fourth-order valence-corrected chi connectivity index (χ4v) is 4.60. The second kappa shape index (κ2) is 8.88. The molecule has 24 heavy (non-hydrogen) atoms. The summed E-state index contributed by atoms with van der Waals surface area (Å²) in [6, 6.07) is 8.73. The van der Waals surface area contributed by atoms with Gasteiger partial charge in [0.05, 0.1) is 12.6 Å². The molecule has 2 aliphatic heterocycles.